The van der Waals surface area contributed by atoms with Crippen LogP contribution in [0.5, 0.6) is 23.0 Å². The fourth-order valence-electron chi connectivity index (χ4n) is 8.19. The number of hydrogen-bond donors (Lipinski definition) is 0. The first kappa shape index (κ1) is 49.7. The van der Waals surface area contributed by atoms with Crippen LogP contribution >= 0.6 is 23.5 Å². The minimum Gasteiger partial charge on any atom is -0.492 e. The zero-order valence-electron chi connectivity index (χ0n) is 40.8. The topological polar surface area (TPSA) is 43.4 Å². The van der Waals surface area contributed by atoms with Crippen LogP contribution in [-0.4, -0.2) is 102 Å². The van der Waals surface area contributed by atoms with E-state index in [4.69, 9.17) is 18.9 Å². The Morgan fingerprint density at radius 3 is 0.774 bits per heavy atom. The first-order valence-electron chi connectivity index (χ1n) is 23.0. The second-order valence-corrected chi connectivity index (χ2v) is 21.0. The van der Waals surface area contributed by atoms with Crippen LogP contribution in [0.1, 0.15) is 146 Å². The first-order chi connectivity index (χ1) is 29.6. The molecule has 0 amide bonds. The lowest BCUT2D eigenvalue weighted by molar-refractivity contribution is 0.257. The normalized spacial score (nSPS) is 13.0. The Kier molecular flexibility index (Phi) is 18.9. The molecule has 5 rings (SSSR count). The van der Waals surface area contributed by atoms with Gasteiger partial charge >= 0.3 is 0 Å². The molecule has 0 aromatic heterocycles. The molecule has 0 N–H and O–H groups in total. The number of hydrogen-bond acceptors (Lipinski definition) is 8. The maximum absolute atomic E-state index is 7.02. The van der Waals surface area contributed by atoms with Gasteiger partial charge in [0, 0.05) is 50.3 Å². The summed E-state index contributed by atoms with van der Waals surface area (Å²) in [6.07, 6.45) is 7.11. The van der Waals surface area contributed by atoms with Crippen LogP contribution in [0.4, 0.5) is 0 Å². The monoisotopic (exact) mass is 883 g/mol. The van der Waals surface area contributed by atoms with Gasteiger partial charge in [0.15, 0.2) is 0 Å². The highest BCUT2D eigenvalue weighted by atomic mass is 32.2. The van der Waals surface area contributed by atoms with E-state index < -0.39 is 0 Å². The molecule has 4 aromatic rings. The van der Waals surface area contributed by atoms with Crippen molar-refractivity contribution in [2.24, 2.45) is 0 Å². The van der Waals surface area contributed by atoms with E-state index >= 15 is 0 Å². The summed E-state index contributed by atoms with van der Waals surface area (Å²) < 4.78 is 28.0. The zero-order chi connectivity index (χ0) is 45.1. The van der Waals surface area contributed by atoms with Crippen molar-refractivity contribution in [1.82, 2.24) is 9.80 Å². The van der Waals surface area contributed by atoms with Crippen LogP contribution in [0.25, 0.3) is 0 Å². The fourth-order valence-corrected chi connectivity index (χ4v) is 8.69. The molecule has 4 aromatic carbocycles. The molecule has 340 valence electrons. The number of fused-ring (bicyclic) bond motifs is 8. The molecule has 0 spiro atoms. The lowest BCUT2D eigenvalue weighted by atomic mass is 9.85. The third-order valence-electron chi connectivity index (χ3n) is 11.9. The third kappa shape index (κ3) is 13.4. The lowest BCUT2D eigenvalue weighted by Crippen LogP contribution is -2.21. The molecule has 6 nitrogen and oxygen atoms in total. The van der Waals surface area contributed by atoms with Crippen molar-refractivity contribution in [3.63, 3.8) is 0 Å². The van der Waals surface area contributed by atoms with Gasteiger partial charge in [-0.3, -0.25) is 0 Å². The van der Waals surface area contributed by atoms with Crippen LogP contribution in [-0.2, 0) is 25.7 Å². The first-order valence-corrected chi connectivity index (χ1v) is 25.8. The summed E-state index contributed by atoms with van der Waals surface area (Å²) in [5.41, 5.74) is 15.0. The van der Waals surface area contributed by atoms with Gasteiger partial charge in [-0.2, -0.15) is 23.5 Å². The minimum absolute atomic E-state index is 0.338. The summed E-state index contributed by atoms with van der Waals surface area (Å²) >= 11 is 3.65. The highest BCUT2D eigenvalue weighted by Gasteiger charge is 2.26. The molecule has 8 bridgehead atoms. The summed E-state index contributed by atoms with van der Waals surface area (Å²) in [6, 6.07) is 19.3. The van der Waals surface area contributed by atoms with Crippen molar-refractivity contribution < 1.29 is 18.9 Å². The van der Waals surface area contributed by atoms with E-state index in [1.54, 1.807) is 0 Å². The molecule has 62 heavy (non-hydrogen) atoms. The van der Waals surface area contributed by atoms with Crippen LogP contribution in [0.2, 0.25) is 0 Å². The van der Waals surface area contributed by atoms with E-state index in [0.717, 1.165) is 47.6 Å². The number of nitrogens with zero attached hydrogens (tertiary/aromatic N) is 2. The number of rotatable bonds is 20. The van der Waals surface area contributed by atoms with Crippen molar-refractivity contribution >= 4 is 23.5 Å². The predicted octanol–water partition coefficient (Wildman–Crippen LogP) is 12.2. The van der Waals surface area contributed by atoms with Crippen LogP contribution in [0.15, 0.2) is 48.5 Å². The minimum atomic E-state index is 0.338. The lowest BCUT2D eigenvalue weighted by Gasteiger charge is -2.26. The molecular formula is C54H78N2O4S2. The van der Waals surface area contributed by atoms with Gasteiger partial charge in [-0.05, 0) is 131 Å². The molecule has 0 unspecified atom stereocenters. The molecule has 0 fully saturated rings. The largest absolute Gasteiger partial charge is 0.492 e. The number of benzene rings is 4. The molecule has 0 aliphatic heterocycles. The zero-order valence-corrected chi connectivity index (χ0v) is 42.4. The second kappa shape index (κ2) is 23.6. The highest BCUT2D eigenvalue weighted by molar-refractivity contribution is 7.98. The van der Waals surface area contributed by atoms with Crippen molar-refractivity contribution in [3.05, 3.63) is 115 Å². The van der Waals surface area contributed by atoms with E-state index in [9.17, 15) is 0 Å². The molecule has 0 saturated carbocycles. The van der Waals surface area contributed by atoms with E-state index in [2.05, 4.69) is 154 Å². The second-order valence-electron chi connectivity index (χ2n) is 19.0. The quantitative estimate of drug-likeness (QED) is 0.0716. The van der Waals surface area contributed by atoms with E-state index in [-0.39, 0.29) is 0 Å². The Balaban J connectivity index is 1.94. The van der Waals surface area contributed by atoms with Gasteiger partial charge in [0.1, 0.15) is 36.2 Å². The van der Waals surface area contributed by atoms with Crippen molar-refractivity contribution in [1.29, 1.82) is 0 Å². The third-order valence-corrected chi connectivity index (χ3v) is 13.0. The Bertz CT molecular complexity index is 1830. The number of thioether (sulfide) groups is 2. The Labute approximate surface area is 385 Å². The van der Waals surface area contributed by atoms with Crippen LogP contribution in [0, 0.1) is 0 Å². The summed E-state index contributed by atoms with van der Waals surface area (Å²) in [4.78, 5) is 4.40. The van der Waals surface area contributed by atoms with Crippen LogP contribution in [0.3, 0.4) is 0 Å². The van der Waals surface area contributed by atoms with E-state index in [0.29, 0.717) is 75.8 Å². The fraction of sp³-hybridized carbons (Fsp3) is 0.556. The maximum Gasteiger partial charge on any atom is 0.126 e. The molecular weight excluding hydrogens is 805 g/mol. The predicted molar refractivity (Wildman–Crippen MR) is 269 cm³/mol. The van der Waals surface area contributed by atoms with Crippen molar-refractivity contribution in [2.45, 2.75) is 105 Å². The van der Waals surface area contributed by atoms with E-state index in [1.165, 1.54) is 66.8 Å². The molecule has 0 heterocycles. The molecule has 0 atom stereocenters. The van der Waals surface area contributed by atoms with Gasteiger partial charge in [0.2, 0.25) is 0 Å². The summed E-state index contributed by atoms with van der Waals surface area (Å²) in [5.74, 6) is 7.16. The summed E-state index contributed by atoms with van der Waals surface area (Å²) in [7, 11) is 8.46. The van der Waals surface area contributed by atoms with Gasteiger partial charge < -0.3 is 28.7 Å². The Morgan fingerprint density at radius 2 is 0.597 bits per heavy atom. The van der Waals surface area contributed by atoms with Crippen molar-refractivity contribution in [3.8, 4) is 23.0 Å². The number of likely N-dealkylation sites (N-methyl/N-ethyl adjacent to an activating group) is 2. The van der Waals surface area contributed by atoms with Gasteiger partial charge in [-0.1, -0.05) is 104 Å². The molecule has 0 radical (unpaired) electrons. The van der Waals surface area contributed by atoms with Gasteiger partial charge in [-0.15, -0.1) is 0 Å². The highest BCUT2D eigenvalue weighted by Crippen LogP contribution is 2.43. The molecule has 1 aliphatic carbocycles. The molecule has 8 heteroatoms. The van der Waals surface area contributed by atoms with E-state index in [1.807, 2.05) is 23.5 Å². The SMILES string of the molecule is CSCCOc1c2cc(C(C)C)cc1Cc1cc(C(C)C)cc(c1OCCN(C)C)Cc1cc(C(C)C)cc(c1OCCSC)Cc1cc(C(C)C)cc(c1OCCN(C)C)C2. The molecule has 1 aliphatic rings. The average Bonchev–Trinajstić information content (AvgIpc) is 3.20. The van der Waals surface area contributed by atoms with Gasteiger partial charge in [0.05, 0.1) is 13.2 Å². The smallest absolute Gasteiger partial charge is 0.126 e. The summed E-state index contributed by atoms with van der Waals surface area (Å²) in [6.45, 7) is 22.6. The average molecular weight is 883 g/mol. The number of ether oxygens (including phenoxy) is 4. The van der Waals surface area contributed by atoms with Gasteiger partial charge in [-0.25, -0.2) is 0 Å². The Morgan fingerprint density at radius 1 is 0.387 bits per heavy atom. The Hall–Kier alpha value is -3.30. The molecule has 0 saturated heterocycles. The van der Waals surface area contributed by atoms with Crippen molar-refractivity contribution in [2.75, 3.05) is 91.7 Å². The standard InChI is InChI=1S/C54H78N2O4S2/c1-35(2)39-23-43-31-47-27-41(37(5)6)29-49(53(47)59-19-21-61-13)33-45-25-40(36(3)4)26-46(52(45)58-18-16-56(11)12)34-50-30-42(38(7)8)28-48(54(50)60-20-22-62-14)32-44(24-39)51(43)57-17-15-55(9)10/h23-30,35-38H,15-22,31-34H2,1-14H3. The summed E-state index contributed by atoms with van der Waals surface area (Å²) in [5, 5.41) is 0. The van der Waals surface area contributed by atoms with Gasteiger partial charge in [0.25, 0.3) is 0 Å². The maximum atomic E-state index is 7.02. The van der Waals surface area contributed by atoms with Crippen LogP contribution < -0.4 is 18.9 Å².